The molecule has 15 heavy (non-hydrogen) atoms. The Morgan fingerprint density at radius 2 is 1.60 bits per heavy atom. The summed E-state index contributed by atoms with van der Waals surface area (Å²) in [5.74, 6) is 1.38. The number of ether oxygens (including phenoxy) is 2. The van der Waals surface area contributed by atoms with E-state index in [2.05, 4.69) is 4.98 Å². The molecule has 0 atom stereocenters. The van der Waals surface area contributed by atoms with Crippen LogP contribution < -0.4 is 9.47 Å². The van der Waals surface area contributed by atoms with Crippen LogP contribution in [0.25, 0.3) is 10.8 Å². The number of nitrogens with zero attached hydrogens (tertiary/aromatic N) is 1. The minimum atomic E-state index is 0.467. The Morgan fingerprint density at radius 1 is 1.00 bits per heavy atom. The summed E-state index contributed by atoms with van der Waals surface area (Å²) in [5, 5.41) is 2.42. The molecule has 3 nitrogen and oxygen atoms in total. The molecule has 0 fully saturated rings. The van der Waals surface area contributed by atoms with Crippen molar-refractivity contribution in [3.63, 3.8) is 0 Å². The van der Waals surface area contributed by atoms with Crippen LogP contribution in [0.2, 0.25) is 5.15 Å². The van der Waals surface area contributed by atoms with Crippen LogP contribution in [0.15, 0.2) is 24.4 Å². The topological polar surface area (TPSA) is 31.4 Å². The molecular formula is C11H10ClNO2. The summed E-state index contributed by atoms with van der Waals surface area (Å²) in [4.78, 5) is 4.01. The minimum absolute atomic E-state index is 0.467. The number of aromatic nitrogens is 1. The second-order valence-corrected chi connectivity index (χ2v) is 3.45. The van der Waals surface area contributed by atoms with E-state index in [1.54, 1.807) is 26.5 Å². The van der Waals surface area contributed by atoms with Crippen LogP contribution in [0.4, 0.5) is 0 Å². The molecule has 0 unspecified atom stereocenters. The monoisotopic (exact) mass is 223 g/mol. The zero-order valence-corrected chi connectivity index (χ0v) is 9.21. The van der Waals surface area contributed by atoms with Crippen molar-refractivity contribution < 1.29 is 9.47 Å². The Bertz CT molecular complexity index is 499. The number of hydrogen-bond donors (Lipinski definition) is 0. The summed E-state index contributed by atoms with van der Waals surface area (Å²) in [6.07, 6.45) is 1.71. The van der Waals surface area contributed by atoms with E-state index in [9.17, 15) is 0 Å². The minimum Gasteiger partial charge on any atom is -0.493 e. The molecule has 0 aliphatic carbocycles. The normalized spacial score (nSPS) is 10.3. The highest BCUT2D eigenvalue weighted by Crippen LogP contribution is 2.32. The highest BCUT2D eigenvalue weighted by Gasteiger charge is 2.06. The number of pyridine rings is 1. The molecule has 0 saturated heterocycles. The van der Waals surface area contributed by atoms with Gasteiger partial charge in [0.05, 0.1) is 14.2 Å². The SMILES string of the molecule is COc1cc2cnc(Cl)cc2cc1OC. The van der Waals surface area contributed by atoms with Crippen LogP contribution in [0.1, 0.15) is 0 Å². The third-order valence-corrected chi connectivity index (χ3v) is 2.40. The molecule has 78 valence electrons. The average molecular weight is 224 g/mol. The third-order valence-electron chi connectivity index (χ3n) is 2.19. The van der Waals surface area contributed by atoms with Crippen LogP contribution in [0.3, 0.4) is 0 Å². The van der Waals surface area contributed by atoms with Crippen molar-refractivity contribution in [3.8, 4) is 11.5 Å². The van der Waals surface area contributed by atoms with Crippen molar-refractivity contribution in [2.45, 2.75) is 0 Å². The number of benzene rings is 1. The van der Waals surface area contributed by atoms with Gasteiger partial charge >= 0.3 is 0 Å². The zero-order chi connectivity index (χ0) is 10.8. The Kier molecular flexibility index (Phi) is 2.64. The van der Waals surface area contributed by atoms with E-state index in [0.717, 1.165) is 10.8 Å². The van der Waals surface area contributed by atoms with Gasteiger partial charge in [0.25, 0.3) is 0 Å². The summed E-state index contributed by atoms with van der Waals surface area (Å²) >= 11 is 5.80. The largest absolute Gasteiger partial charge is 0.493 e. The van der Waals surface area contributed by atoms with Gasteiger partial charge < -0.3 is 9.47 Å². The van der Waals surface area contributed by atoms with Gasteiger partial charge in [0.15, 0.2) is 11.5 Å². The van der Waals surface area contributed by atoms with Crippen LogP contribution in [0.5, 0.6) is 11.5 Å². The smallest absolute Gasteiger partial charge is 0.161 e. The van der Waals surface area contributed by atoms with Crippen molar-refractivity contribution in [1.82, 2.24) is 4.98 Å². The lowest BCUT2D eigenvalue weighted by Crippen LogP contribution is -1.90. The molecular weight excluding hydrogens is 214 g/mol. The van der Waals surface area contributed by atoms with Crippen LogP contribution >= 0.6 is 11.6 Å². The molecule has 4 heteroatoms. The van der Waals surface area contributed by atoms with Gasteiger partial charge in [-0.2, -0.15) is 0 Å². The van der Waals surface area contributed by atoms with E-state index in [1.165, 1.54) is 0 Å². The van der Waals surface area contributed by atoms with Gasteiger partial charge in [-0.1, -0.05) is 11.6 Å². The Labute approximate surface area is 92.6 Å². The molecule has 1 heterocycles. The summed E-state index contributed by atoms with van der Waals surface area (Å²) in [5.41, 5.74) is 0. The van der Waals surface area contributed by atoms with E-state index in [1.807, 2.05) is 12.1 Å². The van der Waals surface area contributed by atoms with Crippen LogP contribution in [-0.2, 0) is 0 Å². The van der Waals surface area contributed by atoms with Gasteiger partial charge in [0.1, 0.15) is 5.15 Å². The lowest BCUT2D eigenvalue weighted by molar-refractivity contribution is 0.356. The molecule has 0 spiro atoms. The number of hydrogen-bond acceptors (Lipinski definition) is 3. The predicted octanol–water partition coefficient (Wildman–Crippen LogP) is 2.91. The maximum absolute atomic E-state index is 5.80. The first kappa shape index (κ1) is 10.1. The van der Waals surface area contributed by atoms with Gasteiger partial charge in [-0.3, -0.25) is 0 Å². The highest BCUT2D eigenvalue weighted by molar-refractivity contribution is 6.30. The zero-order valence-electron chi connectivity index (χ0n) is 8.45. The van der Waals surface area contributed by atoms with Gasteiger partial charge in [-0.25, -0.2) is 4.98 Å². The van der Waals surface area contributed by atoms with Gasteiger partial charge in [-0.05, 0) is 23.6 Å². The number of fused-ring (bicyclic) bond motifs is 1. The Morgan fingerprint density at radius 3 is 2.20 bits per heavy atom. The molecule has 1 aromatic carbocycles. The van der Waals surface area contributed by atoms with Crippen molar-refractivity contribution in [3.05, 3.63) is 29.5 Å². The van der Waals surface area contributed by atoms with Gasteiger partial charge in [-0.15, -0.1) is 0 Å². The fraction of sp³-hybridized carbons (Fsp3) is 0.182. The first-order valence-electron chi connectivity index (χ1n) is 4.42. The standard InChI is InChI=1S/C11H10ClNO2/c1-14-9-3-7-5-11(12)13-6-8(7)4-10(9)15-2/h3-6H,1-2H3. The van der Waals surface area contributed by atoms with Gasteiger partial charge in [0, 0.05) is 11.6 Å². The summed E-state index contributed by atoms with van der Waals surface area (Å²) < 4.78 is 10.4. The lowest BCUT2D eigenvalue weighted by atomic mass is 10.1. The summed E-state index contributed by atoms with van der Waals surface area (Å²) in [7, 11) is 3.21. The molecule has 0 saturated carbocycles. The van der Waals surface area contributed by atoms with Crippen molar-refractivity contribution in [2.75, 3.05) is 14.2 Å². The van der Waals surface area contributed by atoms with E-state index >= 15 is 0 Å². The van der Waals surface area contributed by atoms with Gasteiger partial charge in [0.2, 0.25) is 0 Å². The molecule has 0 N–H and O–H groups in total. The first-order valence-corrected chi connectivity index (χ1v) is 4.79. The molecule has 1 aromatic heterocycles. The fourth-order valence-electron chi connectivity index (χ4n) is 1.44. The predicted molar refractivity (Wildman–Crippen MR) is 59.9 cm³/mol. The summed E-state index contributed by atoms with van der Waals surface area (Å²) in [6.45, 7) is 0. The maximum Gasteiger partial charge on any atom is 0.161 e. The maximum atomic E-state index is 5.80. The van der Waals surface area contributed by atoms with Crippen LogP contribution in [-0.4, -0.2) is 19.2 Å². The van der Waals surface area contributed by atoms with Crippen LogP contribution in [0, 0.1) is 0 Å². The number of rotatable bonds is 2. The summed E-state index contributed by atoms with van der Waals surface area (Å²) in [6, 6.07) is 5.54. The van der Waals surface area contributed by atoms with E-state index in [4.69, 9.17) is 21.1 Å². The third kappa shape index (κ3) is 1.83. The second kappa shape index (κ2) is 3.95. The highest BCUT2D eigenvalue weighted by atomic mass is 35.5. The molecule has 0 aliphatic rings. The first-order chi connectivity index (χ1) is 7.24. The van der Waals surface area contributed by atoms with E-state index in [0.29, 0.717) is 16.7 Å². The van der Waals surface area contributed by atoms with Crippen molar-refractivity contribution in [2.24, 2.45) is 0 Å². The molecule has 0 amide bonds. The van der Waals surface area contributed by atoms with Crippen molar-refractivity contribution >= 4 is 22.4 Å². The molecule has 0 bridgehead atoms. The Hall–Kier alpha value is -1.48. The molecule has 0 aliphatic heterocycles. The second-order valence-electron chi connectivity index (χ2n) is 3.06. The fourth-order valence-corrected chi connectivity index (χ4v) is 1.61. The Balaban J connectivity index is 2.69. The lowest BCUT2D eigenvalue weighted by Gasteiger charge is -2.08. The number of halogens is 1. The van der Waals surface area contributed by atoms with Crippen molar-refractivity contribution in [1.29, 1.82) is 0 Å². The average Bonchev–Trinajstić information content (AvgIpc) is 2.27. The quantitative estimate of drug-likeness (QED) is 0.734. The molecule has 2 rings (SSSR count). The number of methoxy groups -OCH3 is 2. The molecule has 2 aromatic rings. The molecule has 0 radical (unpaired) electrons. The van der Waals surface area contributed by atoms with E-state index in [-0.39, 0.29) is 0 Å². The van der Waals surface area contributed by atoms with E-state index < -0.39 is 0 Å².